The number of ether oxygens (including phenoxy) is 1. The van der Waals surface area contributed by atoms with Crippen LogP contribution in [0.3, 0.4) is 0 Å². The number of rotatable bonds is 5. The smallest absolute Gasteiger partial charge is 0.451 e. The Morgan fingerprint density at radius 1 is 0.969 bits per heavy atom. The minimum Gasteiger partial charge on any atom is -0.477 e. The van der Waals surface area contributed by atoms with Gasteiger partial charge in [-0.05, 0) is 42.3 Å². The number of nitrogens with zero attached hydrogens (tertiary/aromatic N) is 3. The molecular weight excluding hydrogens is 464 g/mol. The number of halogens is 5. The highest BCUT2D eigenvalue weighted by atomic mass is 35.5. The van der Waals surface area contributed by atoms with Crippen molar-refractivity contribution in [3.8, 4) is 5.88 Å². The van der Waals surface area contributed by atoms with Gasteiger partial charge in [-0.2, -0.15) is 18.2 Å². The molecule has 10 heteroatoms. The summed E-state index contributed by atoms with van der Waals surface area (Å²) in [6.45, 7) is 1.80. The van der Waals surface area contributed by atoms with Gasteiger partial charge >= 0.3 is 6.18 Å². The van der Waals surface area contributed by atoms with Crippen LogP contribution in [0.4, 0.5) is 13.2 Å². The second kappa shape index (κ2) is 8.96. The molecule has 0 bridgehead atoms. The molecule has 32 heavy (non-hydrogen) atoms. The summed E-state index contributed by atoms with van der Waals surface area (Å²) >= 11 is 12.1. The maximum absolute atomic E-state index is 13.1. The molecule has 0 amide bonds. The molecule has 2 heterocycles. The average Bonchev–Trinajstić information content (AvgIpc) is 3.19. The summed E-state index contributed by atoms with van der Waals surface area (Å²) in [5.41, 5.74) is 2.02. The Morgan fingerprint density at radius 2 is 1.56 bits per heavy atom. The Bertz CT molecular complexity index is 1140. The van der Waals surface area contributed by atoms with E-state index < -0.39 is 12.0 Å². The molecule has 2 unspecified atom stereocenters. The highest BCUT2D eigenvalue weighted by Crippen LogP contribution is 2.39. The molecule has 0 spiro atoms. The summed E-state index contributed by atoms with van der Waals surface area (Å²) in [6.07, 6.45) is -3.61. The van der Waals surface area contributed by atoms with Crippen molar-refractivity contribution >= 4 is 29.0 Å². The first-order chi connectivity index (χ1) is 15.3. The minimum atomic E-state index is -4.69. The molecule has 1 aliphatic rings. The van der Waals surface area contributed by atoms with Gasteiger partial charge in [-0.3, -0.25) is 4.99 Å². The number of aromatic nitrogens is 2. The lowest BCUT2D eigenvalue weighted by Gasteiger charge is -2.20. The number of aliphatic imine (C=N–C) groups is 1. The number of benzene rings is 2. The third kappa shape index (κ3) is 4.66. The first kappa shape index (κ1) is 22.4. The second-order valence-corrected chi connectivity index (χ2v) is 7.86. The number of nitrogens with one attached hydrogen (secondary N) is 1. The van der Waals surface area contributed by atoms with Crippen LogP contribution < -0.4 is 10.1 Å². The van der Waals surface area contributed by atoms with Crippen molar-refractivity contribution in [1.29, 1.82) is 0 Å². The van der Waals surface area contributed by atoms with E-state index in [0.29, 0.717) is 15.9 Å². The first-order valence-electron chi connectivity index (χ1n) is 9.69. The van der Waals surface area contributed by atoms with Crippen molar-refractivity contribution in [3.63, 3.8) is 0 Å². The summed E-state index contributed by atoms with van der Waals surface area (Å²) in [5, 5.41) is 4.47. The molecule has 4 rings (SSSR count). The third-order valence-corrected chi connectivity index (χ3v) is 5.36. The molecule has 2 aromatic carbocycles. The molecule has 5 nitrogen and oxygen atoms in total. The van der Waals surface area contributed by atoms with E-state index in [1.165, 1.54) is 0 Å². The molecule has 0 fully saturated rings. The lowest BCUT2D eigenvalue weighted by molar-refractivity contribution is -0.145. The van der Waals surface area contributed by atoms with E-state index in [1.807, 2.05) is 24.3 Å². The SMILES string of the molecule is CCOc1nc(C(F)(F)F)ncc1C1=NC(c2ccc(Cl)cc2)C(c2ccc(Cl)cc2)N1. The molecule has 166 valence electrons. The number of hydrogen-bond acceptors (Lipinski definition) is 5. The molecule has 0 saturated carbocycles. The molecule has 3 aromatic rings. The Hall–Kier alpha value is -2.84. The van der Waals surface area contributed by atoms with Gasteiger partial charge in [0.2, 0.25) is 11.7 Å². The van der Waals surface area contributed by atoms with Crippen LogP contribution in [-0.4, -0.2) is 22.4 Å². The second-order valence-electron chi connectivity index (χ2n) is 6.99. The zero-order valence-electron chi connectivity index (χ0n) is 16.7. The fourth-order valence-corrected chi connectivity index (χ4v) is 3.65. The maximum atomic E-state index is 13.1. The Labute approximate surface area is 192 Å². The topological polar surface area (TPSA) is 59.4 Å². The van der Waals surface area contributed by atoms with E-state index in [-0.39, 0.29) is 30.1 Å². The monoisotopic (exact) mass is 480 g/mol. The van der Waals surface area contributed by atoms with E-state index in [4.69, 9.17) is 32.9 Å². The molecule has 0 aliphatic carbocycles. The molecule has 0 saturated heterocycles. The first-order valence-corrected chi connectivity index (χ1v) is 10.4. The Morgan fingerprint density at radius 3 is 2.12 bits per heavy atom. The lowest BCUT2D eigenvalue weighted by Crippen LogP contribution is -2.26. The normalized spacial score (nSPS) is 18.2. The van der Waals surface area contributed by atoms with Crippen LogP contribution in [0.5, 0.6) is 5.88 Å². The van der Waals surface area contributed by atoms with Gasteiger partial charge in [-0.25, -0.2) is 4.98 Å². The van der Waals surface area contributed by atoms with E-state index in [1.54, 1.807) is 31.2 Å². The van der Waals surface area contributed by atoms with Gasteiger partial charge in [0.05, 0.1) is 18.2 Å². The highest BCUT2D eigenvalue weighted by molar-refractivity contribution is 6.30. The fraction of sp³-hybridized carbons (Fsp3) is 0.227. The summed E-state index contributed by atoms with van der Waals surface area (Å²) in [6, 6.07) is 13.8. The molecular formula is C22H17Cl2F3N4O. The fourth-order valence-electron chi connectivity index (χ4n) is 3.40. The quantitative estimate of drug-likeness (QED) is 0.483. The summed E-state index contributed by atoms with van der Waals surface area (Å²) in [4.78, 5) is 11.8. The molecule has 0 radical (unpaired) electrons. The van der Waals surface area contributed by atoms with Crippen LogP contribution in [0.25, 0.3) is 0 Å². The minimum absolute atomic E-state index is 0.135. The molecule has 1 aromatic heterocycles. The maximum Gasteiger partial charge on any atom is 0.451 e. The summed E-state index contributed by atoms with van der Waals surface area (Å²) in [5.74, 6) is -1.12. The summed E-state index contributed by atoms with van der Waals surface area (Å²) in [7, 11) is 0. The Kier molecular flexibility index (Phi) is 6.26. The predicted molar refractivity (Wildman–Crippen MR) is 116 cm³/mol. The lowest BCUT2D eigenvalue weighted by atomic mass is 9.95. The Balaban J connectivity index is 1.78. The average molecular weight is 481 g/mol. The van der Waals surface area contributed by atoms with Gasteiger partial charge in [-0.15, -0.1) is 0 Å². The largest absolute Gasteiger partial charge is 0.477 e. The third-order valence-electron chi connectivity index (χ3n) is 4.86. The highest BCUT2D eigenvalue weighted by Gasteiger charge is 2.37. The predicted octanol–water partition coefficient (Wildman–Crippen LogP) is 6.03. The summed E-state index contributed by atoms with van der Waals surface area (Å²) < 4.78 is 44.7. The van der Waals surface area contributed by atoms with Gasteiger partial charge in [0, 0.05) is 16.2 Å². The molecule has 1 N–H and O–H groups in total. The van der Waals surface area contributed by atoms with Crippen molar-refractivity contribution in [3.05, 3.63) is 87.3 Å². The van der Waals surface area contributed by atoms with Crippen LogP contribution in [0.2, 0.25) is 10.0 Å². The van der Waals surface area contributed by atoms with Crippen molar-refractivity contribution < 1.29 is 17.9 Å². The van der Waals surface area contributed by atoms with E-state index in [2.05, 4.69) is 15.3 Å². The standard InChI is InChI=1S/C22H17Cl2F3N4O/c1-2-32-20-16(11-28-21(31-20)22(25,26)27)19-29-17(12-3-7-14(23)8-4-12)18(30-19)13-5-9-15(24)10-6-13/h3-11,17-18H,2H2,1H3,(H,29,30). The van der Waals surface area contributed by atoms with Crippen molar-refractivity contribution in [2.45, 2.75) is 25.2 Å². The van der Waals surface area contributed by atoms with Crippen molar-refractivity contribution in [2.75, 3.05) is 6.61 Å². The van der Waals surface area contributed by atoms with Crippen LogP contribution in [0.1, 0.15) is 41.5 Å². The zero-order chi connectivity index (χ0) is 22.9. The van der Waals surface area contributed by atoms with E-state index in [0.717, 1.165) is 17.3 Å². The van der Waals surface area contributed by atoms with Crippen molar-refractivity contribution in [2.24, 2.45) is 4.99 Å². The van der Waals surface area contributed by atoms with Gasteiger partial charge in [0.25, 0.3) is 0 Å². The molecule has 1 aliphatic heterocycles. The number of hydrogen-bond donors (Lipinski definition) is 1. The number of alkyl halides is 3. The van der Waals surface area contributed by atoms with Gasteiger partial charge in [0.15, 0.2) is 0 Å². The van der Waals surface area contributed by atoms with Gasteiger partial charge in [-0.1, -0.05) is 47.5 Å². The van der Waals surface area contributed by atoms with Crippen molar-refractivity contribution in [1.82, 2.24) is 15.3 Å². The van der Waals surface area contributed by atoms with Crippen LogP contribution in [0.15, 0.2) is 59.7 Å². The van der Waals surface area contributed by atoms with Gasteiger partial charge < -0.3 is 10.1 Å². The van der Waals surface area contributed by atoms with Crippen LogP contribution >= 0.6 is 23.2 Å². The molecule has 2 atom stereocenters. The van der Waals surface area contributed by atoms with Crippen LogP contribution in [-0.2, 0) is 6.18 Å². The van der Waals surface area contributed by atoms with Crippen LogP contribution in [0, 0.1) is 0 Å². The number of amidine groups is 1. The van der Waals surface area contributed by atoms with E-state index in [9.17, 15) is 13.2 Å². The van der Waals surface area contributed by atoms with Gasteiger partial charge in [0.1, 0.15) is 11.9 Å². The zero-order valence-corrected chi connectivity index (χ0v) is 18.2. The van der Waals surface area contributed by atoms with E-state index >= 15 is 0 Å².